The first-order chi connectivity index (χ1) is 9.69. The van der Waals surface area contributed by atoms with Crippen LogP contribution in [0.3, 0.4) is 0 Å². The van der Waals surface area contributed by atoms with Gasteiger partial charge in [0, 0.05) is 45.8 Å². The molecule has 0 spiro atoms. The molecule has 2 rings (SSSR count). The number of hydrogen-bond acceptors (Lipinski definition) is 4. The fourth-order valence-corrected chi connectivity index (χ4v) is 2.42. The monoisotopic (exact) mass is 276 g/mol. The highest BCUT2D eigenvalue weighted by Gasteiger charge is 2.11. The Kier molecular flexibility index (Phi) is 5.48. The van der Waals surface area contributed by atoms with Crippen molar-refractivity contribution in [2.75, 3.05) is 46.3 Å². The predicted molar refractivity (Wildman–Crippen MR) is 76.8 cm³/mol. The minimum Gasteiger partial charge on any atom is -0.314 e. The highest BCUT2D eigenvalue weighted by atomic mass is 19.1. The summed E-state index contributed by atoms with van der Waals surface area (Å²) in [6.45, 7) is 6.79. The molecule has 0 aromatic heterocycles. The maximum absolute atomic E-state index is 13.3. The molecule has 0 aliphatic carbocycles. The summed E-state index contributed by atoms with van der Waals surface area (Å²) < 4.78 is 13.3. The largest absolute Gasteiger partial charge is 0.314 e. The van der Waals surface area contributed by atoms with Gasteiger partial charge in [-0.3, -0.25) is 4.90 Å². The van der Waals surface area contributed by atoms with Crippen molar-refractivity contribution in [3.8, 4) is 6.07 Å². The molecule has 1 N–H and O–H groups in total. The lowest BCUT2D eigenvalue weighted by atomic mass is 10.1. The lowest BCUT2D eigenvalue weighted by Gasteiger charge is -2.29. The SMILES string of the molecule is CN(CCN1CCNCC1)Cc1cc(F)ccc1C#N. The number of benzene rings is 1. The molecule has 0 atom stereocenters. The topological polar surface area (TPSA) is 42.3 Å². The van der Waals surface area contributed by atoms with Crippen molar-refractivity contribution in [1.82, 2.24) is 15.1 Å². The third-order valence-corrected chi connectivity index (χ3v) is 3.64. The Morgan fingerprint density at radius 2 is 2.15 bits per heavy atom. The number of nitrogens with one attached hydrogen (secondary N) is 1. The van der Waals surface area contributed by atoms with Gasteiger partial charge in [0.2, 0.25) is 0 Å². The minimum atomic E-state index is -0.283. The first-order valence-corrected chi connectivity index (χ1v) is 6.99. The molecule has 4 nitrogen and oxygen atoms in total. The first kappa shape index (κ1) is 14.9. The molecule has 20 heavy (non-hydrogen) atoms. The van der Waals surface area contributed by atoms with Gasteiger partial charge in [-0.2, -0.15) is 5.26 Å². The van der Waals surface area contributed by atoms with Gasteiger partial charge in [0.25, 0.3) is 0 Å². The van der Waals surface area contributed by atoms with E-state index < -0.39 is 0 Å². The predicted octanol–water partition coefficient (Wildman–Crippen LogP) is 1.03. The smallest absolute Gasteiger partial charge is 0.123 e. The van der Waals surface area contributed by atoms with E-state index in [1.165, 1.54) is 12.1 Å². The number of hydrogen-bond donors (Lipinski definition) is 1. The van der Waals surface area contributed by atoms with Gasteiger partial charge in [-0.1, -0.05) is 0 Å². The Morgan fingerprint density at radius 1 is 1.40 bits per heavy atom. The highest BCUT2D eigenvalue weighted by molar-refractivity contribution is 5.37. The van der Waals surface area contributed by atoms with Crippen LogP contribution in [0.4, 0.5) is 4.39 Å². The van der Waals surface area contributed by atoms with Crippen molar-refractivity contribution >= 4 is 0 Å². The zero-order valence-corrected chi connectivity index (χ0v) is 11.9. The van der Waals surface area contributed by atoms with Crippen LogP contribution in [0.1, 0.15) is 11.1 Å². The van der Waals surface area contributed by atoms with Crippen molar-refractivity contribution in [1.29, 1.82) is 5.26 Å². The second-order valence-electron chi connectivity index (χ2n) is 5.24. The molecule has 1 aliphatic rings. The lowest BCUT2D eigenvalue weighted by molar-refractivity contribution is 0.202. The van der Waals surface area contributed by atoms with Gasteiger partial charge in [0.15, 0.2) is 0 Å². The van der Waals surface area contributed by atoms with Crippen molar-refractivity contribution in [2.24, 2.45) is 0 Å². The van der Waals surface area contributed by atoms with Crippen LogP contribution < -0.4 is 5.32 Å². The summed E-state index contributed by atoms with van der Waals surface area (Å²) in [6.07, 6.45) is 0. The molecule has 5 heteroatoms. The molecule has 0 saturated carbocycles. The van der Waals surface area contributed by atoms with Crippen LogP contribution in [0, 0.1) is 17.1 Å². The third-order valence-electron chi connectivity index (χ3n) is 3.64. The molecule has 0 amide bonds. The maximum Gasteiger partial charge on any atom is 0.123 e. The summed E-state index contributed by atoms with van der Waals surface area (Å²) >= 11 is 0. The van der Waals surface area contributed by atoms with Crippen LogP contribution >= 0.6 is 0 Å². The molecule has 0 unspecified atom stereocenters. The summed E-state index contributed by atoms with van der Waals surface area (Å²) in [4.78, 5) is 4.56. The summed E-state index contributed by atoms with van der Waals surface area (Å²) in [5, 5.41) is 12.4. The van der Waals surface area contributed by atoms with E-state index in [0.29, 0.717) is 12.1 Å². The van der Waals surface area contributed by atoms with E-state index in [1.807, 2.05) is 7.05 Å². The Labute approximate surface area is 119 Å². The van der Waals surface area contributed by atoms with Gasteiger partial charge in [-0.05, 0) is 30.8 Å². The maximum atomic E-state index is 13.3. The van der Waals surface area contributed by atoms with Crippen molar-refractivity contribution in [2.45, 2.75) is 6.54 Å². The Hall–Kier alpha value is -1.48. The first-order valence-electron chi connectivity index (χ1n) is 6.99. The summed E-state index contributed by atoms with van der Waals surface area (Å²) in [5.41, 5.74) is 1.32. The van der Waals surface area contributed by atoms with Crippen molar-refractivity contribution < 1.29 is 4.39 Å². The van der Waals surface area contributed by atoms with Crippen LogP contribution in [0.2, 0.25) is 0 Å². The normalized spacial score (nSPS) is 16.3. The Balaban J connectivity index is 1.86. The molecule has 1 saturated heterocycles. The number of nitriles is 1. The van der Waals surface area contributed by atoms with Gasteiger partial charge in [-0.25, -0.2) is 4.39 Å². The second-order valence-corrected chi connectivity index (χ2v) is 5.24. The quantitative estimate of drug-likeness (QED) is 0.872. The molecular weight excluding hydrogens is 255 g/mol. The molecule has 1 aliphatic heterocycles. The van der Waals surface area contributed by atoms with Crippen LogP contribution in [0.5, 0.6) is 0 Å². The van der Waals surface area contributed by atoms with E-state index in [1.54, 1.807) is 6.07 Å². The Morgan fingerprint density at radius 3 is 2.85 bits per heavy atom. The van der Waals surface area contributed by atoms with E-state index in [0.717, 1.165) is 44.8 Å². The highest BCUT2D eigenvalue weighted by Crippen LogP contribution is 2.12. The van der Waals surface area contributed by atoms with Crippen LogP contribution in [-0.2, 0) is 6.54 Å². The zero-order chi connectivity index (χ0) is 14.4. The number of halogens is 1. The second kappa shape index (κ2) is 7.34. The summed E-state index contributed by atoms with van der Waals surface area (Å²) in [5.74, 6) is -0.283. The van der Waals surface area contributed by atoms with Crippen molar-refractivity contribution in [3.05, 3.63) is 35.1 Å². The van der Waals surface area contributed by atoms with E-state index >= 15 is 0 Å². The van der Waals surface area contributed by atoms with Crippen LogP contribution in [0.15, 0.2) is 18.2 Å². The van der Waals surface area contributed by atoms with Crippen LogP contribution in [0.25, 0.3) is 0 Å². The number of nitrogens with zero attached hydrogens (tertiary/aromatic N) is 3. The molecule has 0 radical (unpaired) electrons. The Bertz CT molecular complexity index is 477. The van der Waals surface area contributed by atoms with Crippen LogP contribution in [-0.4, -0.2) is 56.1 Å². The average Bonchev–Trinajstić information content (AvgIpc) is 2.46. The van der Waals surface area contributed by atoms with E-state index in [4.69, 9.17) is 5.26 Å². The zero-order valence-electron chi connectivity index (χ0n) is 11.9. The van der Waals surface area contributed by atoms with E-state index in [-0.39, 0.29) is 5.82 Å². The number of likely N-dealkylation sites (N-methyl/N-ethyl adjacent to an activating group) is 1. The molecule has 1 aromatic carbocycles. The van der Waals surface area contributed by atoms with E-state index in [2.05, 4.69) is 21.2 Å². The fourth-order valence-electron chi connectivity index (χ4n) is 2.42. The number of rotatable bonds is 5. The van der Waals surface area contributed by atoms with E-state index in [9.17, 15) is 4.39 Å². The molecule has 0 bridgehead atoms. The molecule has 108 valence electrons. The minimum absolute atomic E-state index is 0.283. The summed E-state index contributed by atoms with van der Waals surface area (Å²) in [7, 11) is 2.01. The third kappa shape index (κ3) is 4.27. The van der Waals surface area contributed by atoms with Gasteiger partial charge >= 0.3 is 0 Å². The standard InChI is InChI=1S/C15H21FN4/c1-19(8-9-20-6-4-18-5-7-20)12-14-10-15(16)3-2-13(14)11-17/h2-3,10,18H,4-9,12H2,1H3. The fraction of sp³-hybridized carbons (Fsp3) is 0.533. The molecule has 1 fully saturated rings. The molecular formula is C15H21FN4. The lowest BCUT2D eigenvalue weighted by Crippen LogP contribution is -2.45. The van der Waals surface area contributed by atoms with Gasteiger partial charge in [-0.15, -0.1) is 0 Å². The van der Waals surface area contributed by atoms with Crippen molar-refractivity contribution in [3.63, 3.8) is 0 Å². The average molecular weight is 276 g/mol. The number of piperazine rings is 1. The molecule has 1 aromatic rings. The van der Waals surface area contributed by atoms with Gasteiger partial charge in [0.1, 0.15) is 5.82 Å². The summed E-state index contributed by atoms with van der Waals surface area (Å²) in [6, 6.07) is 6.47. The van der Waals surface area contributed by atoms with Gasteiger partial charge in [0.05, 0.1) is 11.6 Å². The molecule has 1 heterocycles. The van der Waals surface area contributed by atoms with Gasteiger partial charge < -0.3 is 10.2 Å².